The summed E-state index contributed by atoms with van der Waals surface area (Å²) in [6, 6.07) is 12.0. The molecule has 2 aromatic carbocycles. The quantitative estimate of drug-likeness (QED) is 0.657. The van der Waals surface area contributed by atoms with Crippen LogP contribution in [0.3, 0.4) is 0 Å². The molecule has 0 amide bonds. The molecule has 0 unspecified atom stereocenters. The number of fused-ring (bicyclic) bond motifs is 1. The lowest BCUT2D eigenvalue weighted by Crippen LogP contribution is -2.06. The molecule has 3 heteroatoms. The summed E-state index contributed by atoms with van der Waals surface area (Å²) in [6.07, 6.45) is 3.32. The number of rotatable bonds is 2. The third kappa shape index (κ3) is 1.97. The Kier molecular flexibility index (Phi) is 3.03. The van der Waals surface area contributed by atoms with Crippen molar-refractivity contribution in [2.24, 2.45) is 0 Å². The maximum absolute atomic E-state index is 14.1. The van der Waals surface area contributed by atoms with Gasteiger partial charge in [0, 0.05) is 23.3 Å². The van der Waals surface area contributed by atoms with Crippen molar-refractivity contribution in [3.05, 3.63) is 77.4 Å². The van der Waals surface area contributed by atoms with Crippen LogP contribution in [0.4, 0.5) is 4.39 Å². The summed E-state index contributed by atoms with van der Waals surface area (Å²) in [5.41, 5.74) is 1.07. The average Bonchev–Trinajstić information content (AvgIpc) is 2.49. The molecule has 0 spiro atoms. The summed E-state index contributed by atoms with van der Waals surface area (Å²) in [6.45, 7) is 1.65. The molecule has 20 heavy (non-hydrogen) atoms. The first-order valence-corrected chi connectivity index (χ1v) is 6.31. The van der Waals surface area contributed by atoms with Crippen molar-refractivity contribution in [1.29, 1.82) is 0 Å². The van der Waals surface area contributed by atoms with Crippen molar-refractivity contribution in [3.63, 3.8) is 0 Å². The van der Waals surface area contributed by atoms with E-state index in [0.29, 0.717) is 11.1 Å². The Morgan fingerprint density at radius 1 is 1.05 bits per heavy atom. The third-order valence-electron chi connectivity index (χ3n) is 3.36. The molecule has 0 atom stereocenters. The molecule has 1 aromatic heterocycles. The highest BCUT2D eigenvalue weighted by molar-refractivity contribution is 6.16. The second kappa shape index (κ2) is 4.85. The fraction of sp³-hybridized carbons (Fsp3) is 0.0588. The van der Waals surface area contributed by atoms with Crippen molar-refractivity contribution >= 4 is 16.6 Å². The number of pyridine rings is 1. The standard InChI is InChI=1S/C17H12FNO/c1-11-4-2-7-15(16(11)18)17(20)14-6-3-5-12-10-19-9-8-13(12)14/h2-10H,1H3. The molecule has 0 saturated carbocycles. The van der Waals surface area contributed by atoms with Crippen molar-refractivity contribution in [2.45, 2.75) is 6.92 Å². The van der Waals surface area contributed by atoms with Crippen LogP contribution in [0.15, 0.2) is 54.9 Å². The van der Waals surface area contributed by atoms with Crippen LogP contribution in [0.5, 0.6) is 0 Å². The predicted molar refractivity (Wildman–Crippen MR) is 76.3 cm³/mol. The summed E-state index contributed by atoms with van der Waals surface area (Å²) in [7, 11) is 0. The van der Waals surface area contributed by atoms with Gasteiger partial charge in [-0.1, -0.05) is 30.3 Å². The van der Waals surface area contributed by atoms with Crippen LogP contribution in [0.1, 0.15) is 21.5 Å². The topological polar surface area (TPSA) is 30.0 Å². The molecule has 0 bridgehead atoms. The second-order valence-electron chi connectivity index (χ2n) is 4.67. The number of aryl methyl sites for hydroxylation is 1. The first-order chi connectivity index (χ1) is 9.68. The predicted octanol–water partition coefficient (Wildman–Crippen LogP) is 3.91. The van der Waals surface area contributed by atoms with Crippen LogP contribution in [0, 0.1) is 12.7 Å². The van der Waals surface area contributed by atoms with Gasteiger partial charge in [-0.05, 0) is 30.0 Å². The van der Waals surface area contributed by atoms with Crippen LogP contribution in [0.25, 0.3) is 10.8 Å². The summed E-state index contributed by atoms with van der Waals surface area (Å²) in [5.74, 6) is -0.758. The van der Waals surface area contributed by atoms with Gasteiger partial charge < -0.3 is 0 Å². The SMILES string of the molecule is Cc1cccc(C(=O)c2cccc3cnccc23)c1F. The van der Waals surface area contributed by atoms with E-state index >= 15 is 0 Å². The van der Waals surface area contributed by atoms with Crippen LogP contribution in [-0.4, -0.2) is 10.8 Å². The number of aromatic nitrogens is 1. The first kappa shape index (κ1) is 12.5. The van der Waals surface area contributed by atoms with Crippen LogP contribution >= 0.6 is 0 Å². The number of hydrogen-bond donors (Lipinski definition) is 0. The van der Waals surface area contributed by atoms with Crippen molar-refractivity contribution in [2.75, 3.05) is 0 Å². The number of hydrogen-bond acceptors (Lipinski definition) is 2. The molecule has 3 rings (SSSR count). The summed E-state index contributed by atoms with van der Waals surface area (Å²) < 4.78 is 14.1. The summed E-state index contributed by atoms with van der Waals surface area (Å²) >= 11 is 0. The van der Waals surface area contributed by atoms with Gasteiger partial charge in [-0.15, -0.1) is 0 Å². The van der Waals surface area contributed by atoms with E-state index in [4.69, 9.17) is 0 Å². The van der Waals surface area contributed by atoms with Gasteiger partial charge in [0.15, 0.2) is 5.78 Å². The molecule has 0 N–H and O–H groups in total. The monoisotopic (exact) mass is 265 g/mol. The molecule has 0 radical (unpaired) electrons. The van der Waals surface area contributed by atoms with Gasteiger partial charge >= 0.3 is 0 Å². The zero-order chi connectivity index (χ0) is 14.1. The lowest BCUT2D eigenvalue weighted by atomic mass is 9.97. The fourth-order valence-corrected chi connectivity index (χ4v) is 2.29. The Labute approximate surface area is 115 Å². The van der Waals surface area contributed by atoms with Gasteiger partial charge in [0.2, 0.25) is 0 Å². The number of nitrogens with zero attached hydrogens (tertiary/aromatic N) is 1. The molecule has 0 saturated heterocycles. The van der Waals surface area contributed by atoms with E-state index < -0.39 is 5.82 Å². The maximum atomic E-state index is 14.1. The van der Waals surface area contributed by atoms with Crippen molar-refractivity contribution in [3.8, 4) is 0 Å². The van der Waals surface area contributed by atoms with Gasteiger partial charge in [0.05, 0.1) is 5.56 Å². The molecular weight excluding hydrogens is 253 g/mol. The number of carbonyl (C=O) groups excluding carboxylic acids is 1. The van der Waals surface area contributed by atoms with Gasteiger partial charge in [0.1, 0.15) is 5.82 Å². The second-order valence-corrected chi connectivity index (χ2v) is 4.67. The van der Waals surface area contributed by atoms with Gasteiger partial charge in [-0.25, -0.2) is 4.39 Å². The number of carbonyl (C=O) groups is 1. The fourth-order valence-electron chi connectivity index (χ4n) is 2.29. The lowest BCUT2D eigenvalue weighted by molar-refractivity contribution is 0.103. The van der Waals surface area contributed by atoms with E-state index in [1.807, 2.05) is 6.07 Å². The highest BCUT2D eigenvalue weighted by Crippen LogP contribution is 2.22. The minimum Gasteiger partial charge on any atom is -0.288 e. The molecule has 0 aliphatic carbocycles. The van der Waals surface area contributed by atoms with Crippen LogP contribution in [-0.2, 0) is 0 Å². The Balaban J connectivity index is 2.21. The normalized spacial score (nSPS) is 10.7. The van der Waals surface area contributed by atoms with Crippen LogP contribution < -0.4 is 0 Å². The van der Waals surface area contributed by atoms with Gasteiger partial charge in [-0.3, -0.25) is 9.78 Å². The van der Waals surface area contributed by atoms with E-state index in [1.54, 1.807) is 49.6 Å². The zero-order valence-corrected chi connectivity index (χ0v) is 10.9. The number of halogens is 1. The Morgan fingerprint density at radius 2 is 1.80 bits per heavy atom. The molecule has 98 valence electrons. The number of benzene rings is 2. The van der Waals surface area contributed by atoms with E-state index in [2.05, 4.69) is 4.98 Å². The molecule has 3 aromatic rings. The first-order valence-electron chi connectivity index (χ1n) is 6.31. The van der Waals surface area contributed by atoms with Gasteiger partial charge in [0.25, 0.3) is 0 Å². The Hall–Kier alpha value is -2.55. The maximum Gasteiger partial charge on any atom is 0.196 e. The minimum atomic E-state index is -0.455. The Morgan fingerprint density at radius 3 is 2.65 bits per heavy atom. The van der Waals surface area contributed by atoms with Crippen molar-refractivity contribution < 1.29 is 9.18 Å². The largest absolute Gasteiger partial charge is 0.288 e. The lowest BCUT2D eigenvalue weighted by Gasteiger charge is -2.07. The molecule has 1 heterocycles. The molecule has 0 aliphatic rings. The molecule has 0 aliphatic heterocycles. The molecule has 2 nitrogen and oxygen atoms in total. The average molecular weight is 265 g/mol. The summed E-state index contributed by atoms with van der Waals surface area (Å²) in [5, 5.41) is 1.65. The highest BCUT2D eigenvalue weighted by atomic mass is 19.1. The third-order valence-corrected chi connectivity index (χ3v) is 3.36. The number of ketones is 1. The molecule has 0 fully saturated rings. The van der Waals surface area contributed by atoms with E-state index in [1.165, 1.54) is 6.07 Å². The highest BCUT2D eigenvalue weighted by Gasteiger charge is 2.17. The Bertz CT molecular complexity index is 806. The van der Waals surface area contributed by atoms with E-state index in [9.17, 15) is 9.18 Å². The van der Waals surface area contributed by atoms with Gasteiger partial charge in [-0.2, -0.15) is 0 Å². The zero-order valence-electron chi connectivity index (χ0n) is 10.9. The van der Waals surface area contributed by atoms with E-state index in [0.717, 1.165) is 10.8 Å². The smallest absolute Gasteiger partial charge is 0.196 e. The summed E-state index contributed by atoms with van der Waals surface area (Å²) in [4.78, 5) is 16.6. The van der Waals surface area contributed by atoms with E-state index in [-0.39, 0.29) is 11.3 Å². The molecular formula is C17H12FNO. The van der Waals surface area contributed by atoms with Crippen molar-refractivity contribution in [1.82, 2.24) is 4.98 Å². The minimum absolute atomic E-state index is 0.106. The van der Waals surface area contributed by atoms with Crippen LogP contribution in [0.2, 0.25) is 0 Å².